The smallest absolute Gasteiger partial charge is 0.246 e. The first-order valence-electron chi connectivity index (χ1n) is 12.7. The zero-order valence-corrected chi connectivity index (χ0v) is 21.0. The second-order valence-electron chi connectivity index (χ2n) is 10.1. The molecule has 2 aromatic carbocycles. The van der Waals surface area contributed by atoms with Crippen LogP contribution in [0.2, 0.25) is 0 Å². The number of aliphatic hydroxyl groups is 1. The molecule has 9 nitrogen and oxygen atoms in total. The number of rotatable bonds is 8. The molecule has 0 unspecified atom stereocenters. The molecule has 2 aliphatic rings. The van der Waals surface area contributed by atoms with Crippen molar-refractivity contribution in [2.24, 2.45) is 11.7 Å². The third-order valence-electron chi connectivity index (χ3n) is 7.39. The van der Waals surface area contributed by atoms with E-state index in [2.05, 4.69) is 10.6 Å². The molecular weight excluding hydrogens is 470 g/mol. The van der Waals surface area contributed by atoms with E-state index in [0.717, 1.165) is 17.5 Å². The van der Waals surface area contributed by atoms with Crippen molar-refractivity contribution in [3.05, 3.63) is 71.3 Å². The molecular formula is C28H35N5O4. The molecule has 0 bridgehead atoms. The number of carbonyl (C=O) groups excluding carboxylic acids is 3. The van der Waals surface area contributed by atoms with E-state index in [1.807, 2.05) is 30.3 Å². The fraction of sp³-hybridized carbons (Fsp3) is 0.429. The number of likely N-dealkylation sites (tertiary alicyclic amines) is 1. The van der Waals surface area contributed by atoms with Gasteiger partial charge in [-0.15, -0.1) is 0 Å². The van der Waals surface area contributed by atoms with Crippen LogP contribution in [-0.4, -0.2) is 57.8 Å². The predicted octanol–water partition coefficient (Wildman–Crippen LogP) is 1.46. The maximum absolute atomic E-state index is 14.0. The Morgan fingerprint density at radius 3 is 2.41 bits per heavy atom. The molecule has 2 fully saturated rings. The predicted molar refractivity (Wildman–Crippen MR) is 139 cm³/mol. The molecule has 6 N–H and O–H groups in total. The van der Waals surface area contributed by atoms with Crippen molar-refractivity contribution in [3.63, 3.8) is 0 Å². The van der Waals surface area contributed by atoms with Crippen molar-refractivity contribution in [2.45, 2.75) is 69.8 Å². The van der Waals surface area contributed by atoms with Crippen molar-refractivity contribution >= 4 is 23.6 Å². The molecule has 3 amide bonds. The van der Waals surface area contributed by atoms with Gasteiger partial charge in [0.2, 0.25) is 17.7 Å². The third kappa shape index (κ3) is 6.35. The lowest BCUT2D eigenvalue weighted by molar-refractivity contribution is -0.144. The highest BCUT2D eigenvalue weighted by molar-refractivity contribution is 5.95. The van der Waals surface area contributed by atoms with Crippen LogP contribution in [0, 0.1) is 11.3 Å². The van der Waals surface area contributed by atoms with E-state index in [1.165, 1.54) is 6.92 Å². The van der Waals surface area contributed by atoms with E-state index in [0.29, 0.717) is 31.2 Å². The normalized spacial score (nSPS) is 23.6. The van der Waals surface area contributed by atoms with Crippen molar-refractivity contribution in [2.75, 3.05) is 0 Å². The van der Waals surface area contributed by atoms with E-state index in [1.54, 1.807) is 29.2 Å². The lowest BCUT2D eigenvalue weighted by atomic mass is 9.83. The first-order chi connectivity index (χ1) is 17.7. The fourth-order valence-electron chi connectivity index (χ4n) is 5.57. The fourth-order valence-corrected chi connectivity index (χ4v) is 5.57. The Hall–Kier alpha value is -3.72. The molecule has 9 heteroatoms. The molecule has 1 saturated heterocycles. The SMILES string of the molecule is CC(=O)N[C@H](Cc1ccccc1)C(=O)N1[C@H](C(=O)NCc2ccc(C(=N)N)cc2)C[C@@H]2CC[C@@H](O)C[C@@H]21. The number of nitrogens with two attached hydrogens (primary N) is 1. The highest BCUT2D eigenvalue weighted by Gasteiger charge is 2.50. The van der Waals surface area contributed by atoms with Crippen molar-refractivity contribution in [1.29, 1.82) is 5.41 Å². The minimum absolute atomic E-state index is 0.0234. The van der Waals surface area contributed by atoms with E-state index >= 15 is 0 Å². The molecule has 4 rings (SSSR count). The van der Waals surface area contributed by atoms with Crippen LogP contribution in [0.1, 0.15) is 49.3 Å². The summed E-state index contributed by atoms with van der Waals surface area (Å²) in [5.41, 5.74) is 7.87. The van der Waals surface area contributed by atoms with Crippen LogP contribution in [0.5, 0.6) is 0 Å². The van der Waals surface area contributed by atoms with Gasteiger partial charge in [-0.05, 0) is 42.7 Å². The summed E-state index contributed by atoms with van der Waals surface area (Å²) in [7, 11) is 0. The average Bonchev–Trinajstić information content (AvgIpc) is 3.25. The molecule has 5 atom stereocenters. The Balaban J connectivity index is 1.54. The zero-order chi connectivity index (χ0) is 26.5. The number of amidine groups is 1. The zero-order valence-electron chi connectivity index (χ0n) is 21.0. The van der Waals surface area contributed by atoms with Crippen molar-refractivity contribution < 1.29 is 19.5 Å². The van der Waals surface area contributed by atoms with Gasteiger partial charge in [0, 0.05) is 31.5 Å². The van der Waals surface area contributed by atoms with E-state index in [4.69, 9.17) is 11.1 Å². The van der Waals surface area contributed by atoms with Crippen LogP contribution in [0.3, 0.4) is 0 Å². The van der Waals surface area contributed by atoms with Gasteiger partial charge in [0.15, 0.2) is 0 Å². The maximum Gasteiger partial charge on any atom is 0.246 e. The van der Waals surface area contributed by atoms with Gasteiger partial charge in [-0.2, -0.15) is 0 Å². The Bertz CT molecular complexity index is 1140. The topological polar surface area (TPSA) is 149 Å². The maximum atomic E-state index is 14.0. The molecule has 1 aliphatic carbocycles. The molecule has 0 spiro atoms. The molecule has 2 aromatic rings. The summed E-state index contributed by atoms with van der Waals surface area (Å²) in [5, 5.41) is 23.6. The number of hydrogen-bond acceptors (Lipinski definition) is 5. The summed E-state index contributed by atoms with van der Waals surface area (Å²) in [6, 6.07) is 14.8. The lowest BCUT2D eigenvalue weighted by Crippen LogP contribution is -2.57. The van der Waals surface area contributed by atoms with Gasteiger partial charge in [-0.25, -0.2) is 0 Å². The number of hydrogen-bond donors (Lipinski definition) is 5. The summed E-state index contributed by atoms with van der Waals surface area (Å²) in [4.78, 5) is 41.0. The van der Waals surface area contributed by atoms with Gasteiger partial charge in [-0.1, -0.05) is 54.6 Å². The van der Waals surface area contributed by atoms with Gasteiger partial charge in [-0.3, -0.25) is 19.8 Å². The molecule has 0 radical (unpaired) electrons. The molecule has 1 aliphatic heterocycles. The van der Waals surface area contributed by atoms with Crippen LogP contribution in [0.15, 0.2) is 54.6 Å². The van der Waals surface area contributed by atoms with Crippen LogP contribution in [0.25, 0.3) is 0 Å². The van der Waals surface area contributed by atoms with Gasteiger partial charge in [0.1, 0.15) is 17.9 Å². The van der Waals surface area contributed by atoms with Crippen molar-refractivity contribution in [1.82, 2.24) is 15.5 Å². The second-order valence-corrected chi connectivity index (χ2v) is 10.1. The number of fused-ring (bicyclic) bond motifs is 1. The summed E-state index contributed by atoms with van der Waals surface area (Å²) in [6.45, 7) is 1.65. The van der Waals surface area contributed by atoms with Crippen LogP contribution >= 0.6 is 0 Å². The van der Waals surface area contributed by atoms with Gasteiger partial charge in [0.05, 0.1) is 6.10 Å². The summed E-state index contributed by atoms with van der Waals surface area (Å²) in [5.74, 6) is -0.776. The highest BCUT2D eigenvalue weighted by Crippen LogP contribution is 2.40. The van der Waals surface area contributed by atoms with Crippen LogP contribution in [0.4, 0.5) is 0 Å². The first-order valence-corrected chi connectivity index (χ1v) is 12.7. The molecule has 196 valence electrons. The number of nitrogens with zero attached hydrogens (tertiary/aromatic N) is 1. The monoisotopic (exact) mass is 505 g/mol. The quantitative estimate of drug-likeness (QED) is 0.272. The first kappa shape index (κ1) is 26.3. The number of amides is 3. The Morgan fingerprint density at radius 1 is 1.05 bits per heavy atom. The number of aliphatic hydroxyl groups excluding tert-OH is 1. The Labute approximate surface area is 216 Å². The van der Waals surface area contributed by atoms with Crippen LogP contribution in [-0.2, 0) is 27.3 Å². The minimum Gasteiger partial charge on any atom is -0.393 e. The minimum atomic E-state index is -0.813. The number of benzene rings is 2. The largest absolute Gasteiger partial charge is 0.393 e. The molecule has 37 heavy (non-hydrogen) atoms. The number of nitrogen functional groups attached to an aromatic ring is 1. The Kier molecular flexibility index (Phi) is 8.23. The van der Waals surface area contributed by atoms with Gasteiger partial charge in [0.25, 0.3) is 0 Å². The van der Waals surface area contributed by atoms with E-state index in [-0.39, 0.29) is 42.1 Å². The molecule has 0 aromatic heterocycles. The molecule has 1 heterocycles. The summed E-state index contributed by atoms with van der Waals surface area (Å²) in [6.07, 6.45) is 2.13. The summed E-state index contributed by atoms with van der Waals surface area (Å²) < 4.78 is 0. The highest BCUT2D eigenvalue weighted by atomic mass is 16.3. The number of carbonyl (C=O) groups is 3. The van der Waals surface area contributed by atoms with Crippen LogP contribution < -0.4 is 16.4 Å². The standard InChI is InChI=1S/C28H35N5O4/c1-17(34)32-23(13-18-5-3-2-4-6-18)28(37)33-24-15-22(35)12-11-21(24)14-25(33)27(36)31-16-19-7-9-20(10-8-19)26(29)30/h2-10,21-25,35H,11-16H2,1H3,(H3,29,30)(H,31,36)(H,32,34)/t21-,22+,23+,24-,25-/m0/s1. The van der Waals surface area contributed by atoms with E-state index < -0.39 is 18.2 Å². The third-order valence-corrected chi connectivity index (χ3v) is 7.39. The Morgan fingerprint density at radius 2 is 1.76 bits per heavy atom. The average molecular weight is 506 g/mol. The number of nitrogens with one attached hydrogen (secondary N) is 3. The summed E-state index contributed by atoms with van der Waals surface area (Å²) >= 11 is 0. The van der Waals surface area contributed by atoms with Gasteiger partial charge >= 0.3 is 0 Å². The van der Waals surface area contributed by atoms with E-state index in [9.17, 15) is 19.5 Å². The van der Waals surface area contributed by atoms with Crippen molar-refractivity contribution in [3.8, 4) is 0 Å². The van der Waals surface area contributed by atoms with Gasteiger partial charge < -0.3 is 26.4 Å². The molecule has 1 saturated carbocycles. The lowest BCUT2D eigenvalue weighted by Gasteiger charge is -2.37. The second kappa shape index (κ2) is 11.6.